The van der Waals surface area contributed by atoms with Crippen LogP contribution in [0.2, 0.25) is 0 Å². The summed E-state index contributed by atoms with van der Waals surface area (Å²) in [6, 6.07) is 0.0956. The van der Waals surface area contributed by atoms with E-state index in [0.717, 1.165) is 18.8 Å². The van der Waals surface area contributed by atoms with E-state index in [1.54, 1.807) is 7.11 Å². The minimum absolute atomic E-state index is 0.322. The van der Waals surface area contributed by atoms with Gasteiger partial charge in [-0.3, -0.25) is 4.79 Å². The summed E-state index contributed by atoms with van der Waals surface area (Å²) in [4.78, 5) is 11.1. The SMILES string of the molecule is CCC1CCC(NC(COC)C(N)=O)C1. The maximum absolute atomic E-state index is 11.1. The minimum Gasteiger partial charge on any atom is -0.383 e. The predicted molar refractivity (Wildman–Crippen MR) is 59.4 cm³/mol. The zero-order chi connectivity index (χ0) is 11.3. The molecule has 3 atom stereocenters. The van der Waals surface area contributed by atoms with Crippen molar-refractivity contribution in [1.29, 1.82) is 0 Å². The van der Waals surface area contributed by atoms with E-state index >= 15 is 0 Å². The van der Waals surface area contributed by atoms with Gasteiger partial charge in [0.15, 0.2) is 0 Å². The summed E-state index contributed by atoms with van der Waals surface area (Å²) in [6.07, 6.45) is 4.78. The topological polar surface area (TPSA) is 64.3 Å². The van der Waals surface area contributed by atoms with Gasteiger partial charge < -0.3 is 15.8 Å². The van der Waals surface area contributed by atoms with Gasteiger partial charge in [-0.1, -0.05) is 13.3 Å². The highest BCUT2D eigenvalue weighted by Gasteiger charge is 2.26. The quantitative estimate of drug-likeness (QED) is 0.682. The molecule has 15 heavy (non-hydrogen) atoms. The molecule has 1 saturated carbocycles. The normalized spacial score (nSPS) is 27.9. The molecule has 4 heteroatoms. The molecule has 4 nitrogen and oxygen atoms in total. The van der Waals surface area contributed by atoms with Gasteiger partial charge in [0, 0.05) is 13.2 Å². The molecule has 3 N–H and O–H groups in total. The van der Waals surface area contributed by atoms with Gasteiger partial charge in [-0.25, -0.2) is 0 Å². The standard InChI is InChI=1S/C11H22N2O2/c1-3-8-4-5-9(6-8)13-10(7-15-2)11(12)14/h8-10,13H,3-7H2,1-2H3,(H2,12,14). The summed E-state index contributed by atoms with van der Waals surface area (Å²) in [5.41, 5.74) is 5.29. The van der Waals surface area contributed by atoms with E-state index in [2.05, 4.69) is 12.2 Å². The molecule has 0 aliphatic heterocycles. The number of hydrogen-bond donors (Lipinski definition) is 2. The lowest BCUT2D eigenvalue weighted by molar-refractivity contribution is -0.121. The van der Waals surface area contributed by atoms with Crippen LogP contribution in [-0.2, 0) is 9.53 Å². The van der Waals surface area contributed by atoms with Gasteiger partial charge in [-0.15, -0.1) is 0 Å². The van der Waals surface area contributed by atoms with E-state index in [1.807, 2.05) is 0 Å². The van der Waals surface area contributed by atoms with E-state index in [4.69, 9.17) is 10.5 Å². The first kappa shape index (κ1) is 12.5. The van der Waals surface area contributed by atoms with E-state index in [1.165, 1.54) is 12.8 Å². The highest BCUT2D eigenvalue weighted by Crippen LogP contribution is 2.27. The van der Waals surface area contributed by atoms with E-state index in [9.17, 15) is 4.79 Å². The van der Waals surface area contributed by atoms with Gasteiger partial charge >= 0.3 is 0 Å². The Kier molecular flexibility index (Phi) is 5.05. The smallest absolute Gasteiger partial charge is 0.236 e. The molecule has 0 radical (unpaired) electrons. The molecule has 3 unspecified atom stereocenters. The fourth-order valence-electron chi connectivity index (χ4n) is 2.26. The number of carbonyl (C=O) groups excluding carboxylic acids is 1. The Balaban J connectivity index is 2.35. The maximum Gasteiger partial charge on any atom is 0.236 e. The van der Waals surface area contributed by atoms with E-state index in [0.29, 0.717) is 12.6 Å². The van der Waals surface area contributed by atoms with Crippen LogP contribution in [-0.4, -0.2) is 31.7 Å². The number of nitrogens with two attached hydrogens (primary N) is 1. The number of rotatable bonds is 6. The van der Waals surface area contributed by atoms with Gasteiger partial charge in [0.25, 0.3) is 0 Å². The van der Waals surface area contributed by atoms with Crippen molar-refractivity contribution in [2.75, 3.05) is 13.7 Å². The maximum atomic E-state index is 11.1. The largest absolute Gasteiger partial charge is 0.383 e. The van der Waals surface area contributed by atoms with Crippen molar-refractivity contribution < 1.29 is 9.53 Å². The monoisotopic (exact) mass is 214 g/mol. The molecule has 1 fully saturated rings. The summed E-state index contributed by atoms with van der Waals surface area (Å²) in [6.45, 7) is 2.58. The van der Waals surface area contributed by atoms with Crippen molar-refractivity contribution in [2.24, 2.45) is 11.7 Å². The van der Waals surface area contributed by atoms with Crippen molar-refractivity contribution in [3.63, 3.8) is 0 Å². The van der Waals surface area contributed by atoms with Gasteiger partial charge in [0.1, 0.15) is 6.04 Å². The third kappa shape index (κ3) is 3.80. The van der Waals surface area contributed by atoms with Crippen LogP contribution in [0.25, 0.3) is 0 Å². The second kappa shape index (κ2) is 6.08. The van der Waals surface area contributed by atoms with Crippen LogP contribution >= 0.6 is 0 Å². The summed E-state index contributed by atoms with van der Waals surface area (Å²) >= 11 is 0. The lowest BCUT2D eigenvalue weighted by Crippen LogP contribution is -2.48. The molecule has 0 aromatic rings. The number of ether oxygens (including phenoxy) is 1. The van der Waals surface area contributed by atoms with Crippen LogP contribution in [0.15, 0.2) is 0 Å². The van der Waals surface area contributed by atoms with Crippen LogP contribution < -0.4 is 11.1 Å². The molecule has 88 valence electrons. The van der Waals surface area contributed by atoms with E-state index < -0.39 is 0 Å². The van der Waals surface area contributed by atoms with Gasteiger partial charge in [0.2, 0.25) is 5.91 Å². The van der Waals surface area contributed by atoms with Crippen molar-refractivity contribution in [2.45, 2.75) is 44.7 Å². The lowest BCUT2D eigenvalue weighted by Gasteiger charge is -2.19. The molecule has 0 aromatic heterocycles. The molecule has 0 heterocycles. The second-order valence-corrected chi connectivity index (χ2v) is 4.36. The zero-order valence-electron chi connectivity index (χ0n) is 9.66. The Morgan fingerprint density at radius 3 is 2.80 bits per heavy atom. The first-order valence-corrected chi connectivity index (χ1v) is 5.71. The van der Waals surface area contributed by atoms with Gasteiger partial charge in [0.05, 0.1) is 6.61 Å². The van der Waals surface area contributed by atoms with Crippen molar-refractivity contribution in [1.82, 2.24) is 5.32 Å². The summed E-state index contributed by atoms with van der Waals surface area (Å²) in [5, 5.41) is 3.28. The Morgan fingerprint density at radius 1 is 1.60 bits per heavy atom. The minimum atomic E-state index is -0.337. The number of amides is 1. The summed E-state index contributed by atoms with van der Waals surface area (Å²) in [5.74, 6) is 0.482. The van der Waals surface area contributed by atoms with Crippen LogP contribution in [0.1, 0.15) is 32.6 Å². The molecule has 0 saturated heterocycles. The number of carbonyl (C=O) groups is 1. The third-order valence-corrected chi connectivity index (χ3v) is 3.23. The summed E-state index contributed by atoms with van der Waals surface area (Å²) < 4.78 is 4.97. The Bertz CT molecular complexity index is 209. The summed E-state index contributed by atoms with van der Waals surface area (Å²) in [7, 11) is 1.58. The molecule has 1 aliphatic rings. The van der Waals surface area contributed by atoms with Crippen molar-refractivity contribution in [3.05, 3.63) is 0 Å². The molecule has 1 amide bonds. The Labute approximate surface area is 91.5 Å². The molecule has 0 aromatic carbocycles. The number of nitrogens with one attached hydrogen (secondary N) is 1. The van der Waals surface area contributed by atoms with E-state index in [-0.39, 0.29) is 11.9 Å². The van der Waals surface area contributed by atoms with Crippen LogP contribution in [0.4, 0.5) is 0 Å². The molecule has 0 spiro atoms. The first-order valence-electron chi connectivity index (χ1n) is 5.71. The highest BCUT2D eigenvalue weighted by molar-refractivity contribution is 5.80. The molecule has 1 aliphatic carbocycles. The molecule has 0 bridgehead atoms. The van der Waals surface area contributed by atoms with Crippen LogP contribution in [0.5, 0.6) is 0 Å². The molecular formula is C11H22N2O2. The number of primary amides is 1. The third-order valence-electron chi connectivity index (χ3n) is 3.23. The number of methoxy groups -OCH3 is 1. The van der Waals surface area contributed by atoms with Crippen LogP contribution in [0.3, 0.4) is 0 Å². The molecule has 1 rings (SSSR count). The first-order chi connectivity index (χ1) is 7.17. The highest BCUT2D eigenvalue weighted by atomic mass is 16.5. The molecular weight excluding hydrogens is 192 g/mol. The van der Waals surface area contributed by atoms with Crippen LogP contribution in [0, 0.1) is 5.92 Å². The lowest BCUT2D eigenvalue weighted by atomic mass is 10.1. The van der Waals surface area contributed by atoms with Gasteiger partial charge in [-0.2, -0.15) is 0 Å². The fraction of sp³-hybridized carbons (Fsp3) is 0.909. The number of hydrogen-bond acceptors (Lipinski definition) is 3. The average molecular weight is 214 g/mol. The predicted octanol–water partition coefficient (Wildman–Crippen LogP) is 0.655. The average Bonchev–Trinajstić information content (AvgIpc) is 2.65. The second-order valence-electron chi connectivity index (χ2n) is 4.36. The Morgan fingerprint density at radius 2 is 2.33 bits per heavy atom. The zero-order valence-corrected chi connectivity index (χ0v) is 9.66. The Hall–Kier alpha value is -0.610. The van der Waals surface area contributed by atoms with Gasteiger partial charge in [-0.05, 0) is 25.2 Å². The van der Waals surface area contributed by atoms with Crippen molar-refractivity contribution in [3.8, 4) is 0 Å². The van der Waals surface area contributed by atoms with Crippen molar-refractivity contribution >= 4 is 5.91 Å². The fourth-order valence-corrected chi connectivity index (χ4v) is 2.26.